The minimum absolute atomic E-state index is 0.0916. The molecule has 0 aliphatic heterocycles. The molecule has 0 unspecified atom stereocenters. The van der Waals surface area contributed by atoms with Crippen LogP contribution in [0.25, 0.3) is 11.8 Å². The van der Waals surface area contributed by atoms with Crippen LogP contribution in [0.15, 0.2) is 53.0 Å². The van der Waals surface area contributed by atoms with Gasteiger partial charge in [0, 0.05) is 17.7 Å². The first-order valence-corrected chi connectivity index (χ1v) is 10.0. The fourth-order valence-electron chi connectivity index (χ4n) is 2.32. The third-order valence-corrected chi connectivity index (χ3v) is 4.21. The van der Waals surface area contributed by atoms with Gasteiger partial charge in [0.15, 0.2) is 0 Å². The summed E-state index contributed by atoms with van der Waals surface area (Å²) in [6.07, 6.45) is 0.123. The topological polar surface area (TPSA) is 71.7 Å². The van der Waals surface area contributed by atoms with E-state index >= 15 is 0 Å². The van der Waals surface area contributed by atoms with Gasteiger partial charge in [-0.25, -0.2) is 8.81 Å². The van der Waals surface area contributed by atoms with Gasteiger partial charge in [0.1, 0.15) is 17.5 Å². The highest BCUT2D eigenvalue weighted by molar-refractivity contribution is 5.70. The summed E-state index contributed by atoms with van der Waals surface area (Å²) >= 11 is 0. The van der Waals surface area contributed by atoms with Crippen molar-refractivity contribution < 1.29 is 37.0 Å². The van der Waals surface area contributed by atoms with E-state index in [4.69, 9.17) is 14.3 Å². The number of allylic oxidation sites excluding steroid dienone is 2. The maximum atomic E-state index is 13.0. The minimum atomic E-state index is -5.19. The second-order valence-electron chi connectivity index (χ2n) is 9.32. The lowest BCUT2D eigenvalue weighted by Gasteiger charge is -2.14. The Morgan fingerprint density at radius 1 is 0.939 bits per heavy atom. The van der Waals surface area contributed by atoms with Crippen LogP contribution in [0.5, 0.6) is 0 Å². The summed E-state index contributed by atoms with van der Waals surface area (Å²) in [6, 6.07) is 9.79. The predicted octanol–water partition coefficient (Wildman–Crippen LogP) is 6.21. The van der Waals surface area contributed by atoms with Crippen molar-refractivity contribution in [3.8, 4) is 0 Å². The molecule has 2 rings (SSSR count). The van der Waals surface area contributed by atoms with E-state index in [0.717, 1.165) is 17.1 Å². The van der Waals surface area contributed by atoms with Crippen molar-refractivity contribution in [2.24, 2.45) is 0 Å². The SMILES string of the molecule is CC(C)(C)c1cc(/C=C/C=C(/O)c2ccc(F)cc2)cc(C(C)(C)C)[o+]1.O=C([O-])C(F)(F)F. The number of carbonyl (C=O) groups excluding carboxylic acids is 1. The molecule has 180 valence electrons. The number of alkyl halides is 3. The highest BCUT2D eigenvalue weighted by Gasteiger charge is 2.33. The molecule has 0 aliphatic carbocycles. The van der Waals surface area contributed by atoms with E-state index in [1.807, 2.05) is 18.2 Å². The molecule has 1 aromatic heterocycles. The van der Waals surface area contributed by atoms with Gasteiger partial charge in [0.25, 0.3) is 0 Å². The van der Waals surface area contributed by atoms with E-state index < -0.39 is 12.1 Å². The molecule has 0 saturated carbocycles. The highest BCUT2D eigenvalue weighted by Crippen LogP contribution is 2.30. The molecule has 0 aliphatic rings. The van der Waals surface area contributed by atoms with Crippen LogP contribution >= 0.6 is 0 Å². The first kappa shape index (κ1) is 27.9. The second kappa shape index (κ2) is 10.6. The van der Waals surface area contributed by atoms with Gasteiger partial charge in [0.05, 0.1) is 10.8 Å². The minimum Gasteiger partial charge on any atom is -0.542 e. The summed E-state index contributed by atoms with van der Waals surface area (Å²) in [5, 5.41) is 18.9. The largest absolute Gasteiger partial charge is 0.542 e. The van der Waals surface area contributed by atoms with Gasteiger partial charge in [-0.3, -0.25) is 0 Å². The molecule has 0 saturated heterocycles. The molecule has 1 heterocycles. The smallest absolute Gasteiger partial charge is 0.430 e. The number of hydrogen-bond donors (Lipinski definition) is 1. The Hall–Kier alpha value is -3.16. The maximum Gasteiger partial charge on any atom is 0.430 e. The summed E-state index contributed by atoms with van der Waals surface area (Å²) in [7, 11) is 0. The molecular formula is C25H28F4O4. The number of carboxylic acids is 1. The Kier molecular flexibility index (Phi) is 8.99. The molecule has 0 bridgehead atoms. The molecule has 0 radical (unpaired) electrons. The van der Waals surface area contributed by atoms with Gasteiger partial charge in [0.2, 0.25) is 0 Å². The van der Waals surface area contributed by atoms with Crippen LogP contribution in [0, 0.1) is 5.82 Å². The Labute approximate surface area is 190 Å². The highest BCUT2D eigenvalue weighted by atomic mass is 19.4. The molecule has 0 fully saturated rings. The fraction of sp³-hybridized carbons (Fsp3) is 0.360. The summed E-state index contributed by atoms with van der Waals surface area (Å²) in [6.45, 7) is 12.7. The molecule has 0 atom stereocenters. The third kappa shape index (κ3) is 9.47. The van der Waals surface area contributed by atoms with Crippen LogP contribution < -0.4 is 5.11 Å². The van der Waals surface area contributed by atoms with Gasteiger partial charge in [-0.15, -0.1) is 0 Å². The number of aliphatic hydroxyl groups is 1. The molecule has 4 nitrogen and oxygen atoms in total. The van der Waals surface area contributed by atoms with Crippen LogP contribution in [-0.4, -0.2) is 17.3 Å². The summed E-state index contributed by atoms with van der Waals surface area (Å²) < 4.78 is 50.6. The van der Waals surface area contributed by atoms with Gasteiger partial charge in [-0.2, -0.15) is 13.2 Å². The zero-order chi connectivity index (χ0) is 25.6. The molecule has 8 heteroatoms. The molecular weight excluding hydrogens is 440 g/mol. The Morgan fingerprint density at radius 3 is 1.73 bits per heavy atom. The van der Waals surface area contributed by atoms with Crippen molar-refractivity contribution in [2.45, 2.75) is 58.5 Å². The summed E-state index contributed by atoms with van der Waals surface area (Å²) in [4.78, 5) is 8.78. The van der Waals surface area contributed by atoms with Crippen molar-refractivity contribution >= 4 is 17.8 Å². The van der Waals surface area contributed by atoms with Crippen molar-refractivity contribution in [3.05, 3.63) is 77.0 Å². The molecule has 1 aromatic carbocycles. The Morgan fingerprint density at radius 2 is 1.36 bits per heavy atom. The van der Waals surface area contributed by atoms with E-state index in [-0.39, 0.29) is 22.4 Å². The van der Waals surface area contributed by atoms with Gasteiger partial charge < -0.3 is 15.0 Å². The van der Waals surface area contributed by atoms with E-state index in [2.05, 4.69) is 41.5 Å². The second-order valence-corrected chi connectivity index (χ2v) is 9.32. The first-order chi connectivity index (χ1) is 14.9. The maximum absolute atomic E-state index is 13.0. The first-order valence-electron chi connectivity index (χ1n) is 10.0. The number of halogens is 4. The number of hydrogen-bond acceptors (Lipinski definition) is 3. The zero-order valence-corrected chi connectivity index (χ0v) is 19.4. The molecule has 1 N–H and O–H groups in total. The van der Waals surface area contributed by atoms with Crippen LogP contribution in [0.3, 0.4) is 0 Å². The van der Waals surface area contributed by atoms with Crippen molar-refractivity contribution in [2.75, 3.05) is 0 Å². The third-order valence-electron chi connectivity index (χ3n) is 4.21. The number of aliphatic carboxylic acids is 1. The van der Waals surface area contributed by atoms with Crippen LogP contribution in [0.1, 0.15) is 64.2 Å². The number of carbonyl (C=O) groups is 1. The quantitative estimate of drug-likeness (QED) is 0.252. The van der Waals surface area contributed by atoms with E-state index in [9.17, 15) is 22.7 Å². The zero-order valence-electron chi connectivity index (χ0n) is 19.4. The summed E-state index contributed by atoms with van der Waals surface area (Å²) in [5.41, 5.74) is 1.38. The lowest BCUT2D eigenvalue weighted by Crippen LogP contribution is -2.37. The van der Waals surface area contributed by atoms with E-state index in [1.54, 1.807) is 24.3 Å². The predicted molar refractivity (Wildman–Crippen MR) is 118 cm³/mol. The van der Waals surface area contributed by atoms with Gasteiger partial charge >= 0.3 is 17.7 Å². The van der Waals surface area contributed by atoms with E-state index in [1.165, 1.54) is 12.1 Å². The summed E-state index contributed by atoms with van der Waals surface area (Å²) in [5.74, 6) is -1.41. The Bertz CT molecular complexity index is 974. The average Bonchev–Trinajstić information content (AvgIpc) is 2.66. The molecule has 2 aromatic rings. The van der Waals surface area contributed by atoms with Crippen LogP contribution in [0.2, 0.25) is 0 Å². The van der Waals surface area contributed by atoms with E-state index in [0.29, 0.717) is 5.56 Å². The average molecular weight is 468 g/mol. The normalized spacial score (nSPS) is 13.0. The Balaban J connectivity index is 0.000000675. The molecule has 0 spiro atoms. The number of carboxylic acid groups (broad SMARTS) is 1. The lowest BCUT2D eigenvalue weighted by molar-refractivity contribution is -0.344. The van der Waals surface area contributed by atoms with Crippen molar-refractivity contribution in [1.29, 1.82) is 0 Å². The fourth-order valence-corrected chi connectivity index (χ4v) is 2.32. The van der Waals surface area contributed by atoms with Crippen molar-refractivity contribution in [3.63, 3.8) is 0 Å². The molecule has 33 heavy (non-hydrogen) atoms. The number of benzene rings is 1. The lowest BCUT2D eigenvalue weighted by atomic mass is 9.88. The van der Waals surface area contributed by atoms with Gasteiger partial charge in [-0.1, -0.05) is 12.2 Å². The monoisotopic (exact) mass is 468 g/mol. The van der Waals surface area contributed by atoms with Gasteiger partial charge in [-0.05, 0) is 77.4 Å². The van der Waals surface area contributed by atoms with Crippen LogP contribution in [-0.2, 0) is 15.6 Å². The van der Waals surface area contributed by atoms with Crippen molar-refractivity contribution in [1.82, 2.24) is 0 Å². The number of aliphatic hydroxyl groups excluding tert-OH is 1. The van der Waals surface area contributed by atoms with Crippen LogP contribution in [0.4, 0.5) is 17.6 Å². The number of rotatable bonds is 3. The molecule has 0 amide bonds. The standard InChI is InChI=1S/C23H27FO2.C2HF3O2/c1-22(2,3)20-14-16(15-21(26-20)23(4,5)6)8-7-9-19(25)17-10-12-18(24)13-11-17;3-2(4,5)1(6)7/h7-15H,1-6H3;(H,6,7)/b8-7+,19-9+;.